The van der Waals surface area contributed by atoms with Crippen LogP contribution in [-0.4, -0.2) is 10.9 Å². The average Bonchev–Trinajstić information content (AvgIpc) is 2.61. The summed E-state index contributed by atoms with van der Waals surface area (Å²) in [5.41, 5.74) is 10.1. The molecule has 0 fully saturated rings. The molecule has 2 aromatic carbocycles. The van der Waals surface area contributed by atoms with Crippen molar-refractivity contribution in [1.29, 1.82) is 0 Å². The number of fused-ring (bicyclic) bond motifs is 1. The van der Waals surface area contributed by atoms with Gasteiger partial charge in [0.1, 0.15) is 0 Å². The first-order valence-electron chi connectivity index (χ1n) is 7.99. The summed E-state index contributed by atoms with van der Waals surface area (Å²) in [7, 11) is 0. The van der Waals surface area contributed by atoms with Crippen LogP contribution in [0.2, 0.25) is 5.02 Å². The van der Waals surface area contributed by atoms with E-state index in [4.69, 9.17) is 17.3 Å². The van der Waals surface area contributed by atoms with E-state index >= 15 is 0 Å². The van der Waals surface area contributed by atoms with Crippen LogP contribution in [0.5, 0.6) is 0 Å². The highest BCUT2D eigenvalue weighted by Crippen LogP contribution is 2.24. The minimum atomic E-state index is -0.217. The molecule has 0 atom stereocenters. The molecule has 0 saturated heterocycles. The Hall–Kier alpha value is -2.85. The van der Waals surface area contributed by atoms with Crippen molar-refractivity contribution in [3.8, 4) is 0 Å². The maximum atomic E-state index is 12.1. The van der Waals surface area contributed by atoms with Gasteiger partial charge in [0, 0.05) is 33.6 Å². The molecule has 25 heavy (non-hydrogen) atoms. The van der Waals surface area contributed by atoms with Crippen molar-refractivity contribution in [3.63, 3.8) is 0 Å². The molecule has 0 aliphatic heterocycles. The molecule has 0 radical (unpaired) electrons. The monoisotopic (exact) mass is 351 g/mol. The Morgan fingerprint density at radius 2 is 1.96 bits per heavy atom. The summed E-state index contributed by atoms with van der Waals surface area (Å²) in [6.45, 7) is 2.04. The van der Waals surface area contributed by atoms with Gasteiger partial charge in [0.05, 0.1) is 5.52 Å². The number of nitrogens with two attached hydrogens (primary N) is 1. The minimum Gasteiger partial charge on any atom is -0.398 e. The van der Waals surface area contributed by atoms with Gasteiger partial charge in [-0.3, -0.25) is 9.78 Å². The van der Waals surface area contributed by atoms with E-state index in [1.54, 1.807) is 18.2 Å². The Morgan fingerprint density at radius 1 is 1.20 bits per heavy atom. The fourth-order valence-electron chi connectivity index (χ4n) is 2.50. The van der Waals surface area contributed by atoms with Gasteiger partial charge in [-0.2, -0.15) is 0 Å². The SMILES string of the molecule is CCc1cc(N)c2cc(NC(=O)/C=C/c3ccc(Cl)cc3)ccc2n1. The molecule has 3 N–H and O–H groups in total. The lowest BCUT2D eigenvalue weighted by atomic mass is 10.1. The molecule has 1 heterocycles. The zero-order valence-electron chi connectivity index (χ0n) is 13.8. The van der Waals surface area contributed by atoms with Crippen molar-refractivity contribution in [2.75, 3.05) is 11.1 Å². The van der Waals surface area contributed by atoms with E-state index in [0.29, 0.717) is 16.4 Å². The van der Waals surface area contributed by atoms with Gasteiger partial charge in [-0.15, -0.1) is 0 Å². The maximum absolute atomic E-state index is 12.1. The summed E-state index contributed by atoms with van der Waals surface area (Å²) in [6.07, 6.45) is 4.04. The summed E-state index contributed by atoms with van der Waals surface area (Å²) in [6, 6.07) is 14.6. The van der Waals surface area contributed by atoms with E-state index in [9.17, 15) is 4.79 Å². The van der Waals surface area contributed by atoms with E-state index in [2.05, 4.69) is 10.3 Å². The standard InChI is InChI=1S/C20H18ClN3O/c1-2-15-12-18(22)17-11-16(8-9-19(17)23-15)24-20(25)10-5-13-3-6-14(21)7-4-13/h3-12H,2H2,1H3,(H2,22,23)(H,24,25)/b10-5+. The van der Waals surface area contributed by atoms with Gasteiger partial charge in [-0.25, -0.2) is 0 Å². The molecule has 1 aromatic heterocycles. The molecule has 1 amide bonds. The van der Waals surface area contributed by atoms with Crippen LogP contribution in [0.25, 0.3) is 17.0 Å². The Kier molecular flexibility index (Phi) is 5.00. The second kappa shape index (κ2) is 7.36. The van der Waals surface area contributed by atoms with Crippen LogP contribution in [-0.2, 0) is 11.2 Å². The predicted octanol–water partition coefficient (Wildman–Crippen LogP) is 4.68. The van der Waals surface area contributed by atoms with Crippen LogP contribution < -0.4 is 11.1 Å². The molecule has 0 aliphatic carbocycles. The van der Waals surface area contributed by atoms with Gasteiger partial charge in [0.25, 0.3) is 0 Å². The van der Waals surface area contributed by atoms with Crippen molar-refractivity contribution >= 4 is 45.9 Å². The van der Waals surface area contributed by atoms with Crippen LogP contribution >= 0.6 is 11.6 Å². The number of carbonyl (C=O) groups excluding carboxylic acids is 1. The second-order valence-electron chi connectivity index (χ2n) is 5.66. The highest BCUT2D eigenvalue weighted by molar-refractivity contribution is 6.30. The Balaban J connectivity index is 1.77. The largest absolute Gasteiger partial charge is 0.398 e. The first-order chi connectivity index (χ1) is 12.0. The average molecular weight is 352 g/mol. The molecule has 0 aliphatic rings. The molecule has 0 spiro atoms. The van der Waals surface area contributed by atoms with Crippen molar-refractivity contribution in [2.24, 2.45) is 0 Å². The normalized spacial score (nSPS) is 11.1. The number of hydrogen-bond donors (Lipinski definition) is 2. The van der Waals surface area contributed by atoms with Gasteiger partial charge < -0.3 is 11.1 Å². The fourth-order valence-corrected chi connectivity index (χ4v) is 2.62. The highest BCUT2D eigenvalue weighted by Gasteiger charge is 2.05. The number of carbonyl (C=O) groups is 1. The molecule has 126 valence electrons. The maximum Gasteiger partial charge on any atom is 0.248 e. The topological polar surface area (TPSA) is 68.0 Å². The van der Waals surface area contributed by atoms with Gasteiger partial charge in [0.2, 0.25) is 5.91 Å². The van der Waals surface area contributed by atoms with Crippen molar-refractivity contribution in [2.45, 2.75) is 13.3 Å². The quantitative estimate of drug-likeness (QED) is 0.670. The molecular formula is C20H18ClN3O. The van der Waals surface area contributed by atoms with Crippen molar-refractivity contribution in [3.05, 3.63) is 70.9 Å². The second-order valence-corrected chi connectivity index (χ2v) is 6.10. The molecule has 0 saturated carbocycles. The molecule has 3 aromatic rings. The lowest BCUT2D eigenvalue weighted by Crippen LogP contribution is -2.07. The lowest BCUT2D eigenvalue weighted by molar-refractivity contribution is -0.111. The van der Waals surface area contributed by atoms with Gasteiger partial charge >= 0.3 is 0 Å². The number of rotatable bonds is 4. The van der Waals surface area contributed by atoms with E-state index < -0.39 is 0 Å². The molecule has 0 unspecified atom stereocenters. The Bertz CT molecular complexity index is 949. The number of benzene rings is 2. The van der Waals surface area contributed by atoms with Gasteiger partial charge in [-0.05, 0) is 54.5 Å². The molecular weight excluding hydrogens is 334 g/mol. The first-order valence-corrected chi connectivity index (χ1v) is 8.37. The van der Waals surface area contributed by atoms with E-state index in [0.717, 1.165) is 28.6 Å². The number of hydrogen-bond acceptors (Lipinski definition) is 3. The van der Waals surface area contributed by atoms with Gasteiger partial charge in [0.15, 0.2) is 0 Å². The number of nitrogens with one attached hydrogen (secondary N) is 1. The zero-order chi connectivity index (χ0) is 17.8. The predicted molar refractivity (Wildman–Crippen MR) is 105 cm³/mol. The smallest absolute Gasteiger partial charge is 0.248 e. The van der Waals surface area contributed by atoms with E-state index in [1.807, 2.05) is 43.3 Å². The summed E-state index contributed by atoms with van der Waals surface area (Å²) in [5.74, 6) is -0.217. The molecule has 3 rings (SSSR count). The number of aryl methyl sites for hydroxylation is 1. The van der Waals surface area contributed by atoms with E-state index in [-0.39, 0.29) is 5.91 Å². The number of anilines is 2. The Morgan fingerprint density at radius 3 is 2.68 bits per heavy atom. The van der Waals surface area contributed by atoms with Crippen molar-refractivity contribution in [1.82, 2.24) is 4.98 Å². The summed E-state index contributed by atoms with van der Waals surface area (Å²) in [4.78, 5) is 16.6. The highest BCUT2D eigenvalue weighted by atomic mass is 35.5. The van der Waals surface area contributed by atoms with Crippen LogP contribution in [0.4, 0.5) is 11.4 Å². The lowest BCUT2D eigenvalue weighted by Gasteiger charge is -2.08. The number of aromatic nitrogens is 1. The third-order valence-electron chi connectivity index (χ3n) is 3.82. The summed E-state index contributed by atoms with van der Waals surface area (Å²) >= 11 is 5.84. The molecule has 5 heteroatoms. The minimum absolute atomic E-state index is 0.217. The zero-order valence-corrected chi connectivity index (χ0v) is 14.5. The van der Waals surface area contributed by atoms with Crippen LogP contribution in [0.15, 0.2) is 54.6 Å². The van der Waals surface area contributed by atoms with Crippen molar-refractivity contribution < 1.29 is 4.79 Å². The summed E-state index contributed by atoms with van der Waals surface area (Å²) in [5, 5.41) is 4.33. The molecule has 4 nitrogen and oxygen atoms in total. The number of nitrogen functional groups attached to an aromatic ring is 1. The Labute approximate surface area is 151 Å². The number of nitrogens with zero attached hydrogens (tertiary/aromatic N) is 1. The third kappa shape index (κ3) is 4.17. The number of halogens is 1. The van der Waals surface area contributed by atoms with Crippen LogP contribution in [0.1, 0.15) is 18.2 Å². The molecule has 0 bridgehead atoms. The third-order valence-corrected chi connectivity index (χ3v) is 4.07. The van der Waals surface area contributed by atoms with Crippen LogP contribution in [0, 0.1) is 0 Å². The number of amides is 1. The van der Waals surface area contributed by atoms with E-state index in [1.165, 1.54) is 6.08 Å². The van der Waals surface area contributed by atoms with Crippen LogP contribution in [0.3, 0.4) is 0 Å². The van der Waals surface area contributed by atoms with Gasteiger partial charge in [-0.1, -0.05) is 30.7 Å². The number of pyridine rings is 1. The first kappa shape index (κ1) is 17.0. The summed E-state index contributed by atoms with van der Waals surface area (Å²) < 4.78 is 0. The fraction of sp³-hybridized carbons (Fsp3) is 0.100.